The highest BCUT2D eigenvalue weighted by atomic mass is 32.2. The lowest BCUT2D eigenvalue weighted by molar-refractivity contribution is -0.0448. The Kier molecular flexibility index (Phi) is 5.48. The maximum absolute atomic E-state index is 14.9. The zero-order valence-corrected chi connectivity index (χ0v) is 19.1. The van der Waals surface area contributed by atoms with Crippen LogP contribution in [-0.2, 0) is 10.0 Å². The van der Waals surface area contributed by atoms with Gasteiger partial charge in [-0.05, 0) is 18.6 Å². The van der Waals surface area contributed by atoms with Crippen molar-refractivity contribution in [1.29, 1.82) is 0 Å². The number of carbonyl (C=O) groups is 1. The average molecular weight is 534 g/mol. The molecule has 0 radical (unpaired) electrons. The number of nitrogens with zero attached hydrogens (tertiary/aromatic N) is 3. The van der Waals surface area contributed by atoms with Crippen LogP contribution in [0.4, 0.5) is 37.0 Å². The van der Waals surface area contributed by atoms with Crippen LogP contribution in [0.3, 0.4) is 0 Å². The number of carbonyl (C=O) groups excluding carboxylic acids is 1. The first-order valence-corrected chi connectivity index (χ1v) is 12.3. The van der Waals surface area contributed by atoms with Gasteiger partial charge in [0.25, 0.3) is 5.92 Å². The second-order valence-corrected chi connectivity index (χ2v) is 10.3. The van der Waals surface area contributed by atoms with Crippen molar-refractivity contribution in [2.45, 2.75) is 24.4 Å². The van der Waals surface area contributed by atoms with Crippen LogP contribution in [0.2, 0.25) is 0 Å². The van der Waals surface area contributed by atoms with E-state index in [1.807, 2.05) is 4.72 Å². The number of hydrogen-bond donors (Lipinski definition) is 1. The Bertz CT molecular complexity index is 1490. The van der Waals surface area contributed by atoms with Crippen LogP contribution in [0.15, 0.2) is 28.8 Å². The summed E-state index contributed by atoms with van der Waals surface area (Å²) in [4.78, 5) is 14.9. The number of anilines is 1. The Balaban J connectivity index is 1.60. The summed E-state index contributed by atoms with van der Waals surface area (Å²) in [6, 6.07) is -1.91. The molecule has 15 heteroatoms. The molecule has 3 aromatic rings. The first kappa shape index (κ1) is 24.4. The molecule has 0 aliphatic carbocycles. The molecular formula is C21H16F6N4O4S. The maximum Gasteiger partial charge on any atom is 0.326 e. The quantitative estimate of drug-likeness (QED) is 0.516. The van der Waals surface area contributed by atoms with Gasteiger partial charge in [-0.3, -0.25) is 4.90 Å². The smallest absolute Gasteiger partial charge is 0.326 e. The molecule has 2 aliphatic rings. The van der Waals surface area contributed by atoms with Crippen LogP contribution < -0.4 is 9.62 Å². The van der Waals surface area contributed by atoms with Gasteiger partial charge in [0.15, 0.2) is 11.4 Å². The Labute approximate surface area is 199 Å². The van der Waals surface area contributed by atoms with Crippen LogP contribution in [0.1, 0.15) is 6.42 Å². The van der Waals surface area contributed by atoms with E-state index in [1.165, 1.54) is 0 Å². The standard InChI is InChI=1S/C21H16F6N4O4S/c1-36(33,34)29-14-8-31-15(21(14,26)27)4-5-30(20(31)32)19-18-13(35-28-19)3-2-10(23)17(18)16-11(24)6-9(22)7-12(16)25/h2-3,6-7,14-15,29H,4-5,8H2,1H3/t14-,15-/m1/s1. The maximum atomic E-state index is 14.9. The molecule has 0 saturated carbocycles. The van der Waals surface area contributed by atoms with Crippen molar-refractivity contribution in [3.63, 3.8) is 0 Å². The molecule has 2 amide bonds. The number of urea groups is 1. The Morgan fingerprint density at radius 3 is 2.39 bits per heavy atom. The van der Waals surface area contributed by atoms with E-state index in [4.69, 9.17) is 4.52 Å². The number of halogens is 6. The molecule has 3 heterocycles. The molecule has 2 fully saturated rings. The van der Waals surface area contributed by atoms with Gasteiger partial charge in [0.1, 0.15) is 35.4 Å². The number of amides is 2. The van der Waals surface area contributed by atoms with E-state index in [9.17, 15) is 39.6 Å². The van der Waals surface area contributed by atoms with Gasteiger partial charge in [0.05, 0.1) is 17.2 Å². The van der Waals surface area contributed by atoms with Crippen molar-refractivity contribution in [3.8, 4) is 11.1 Å². The number of nitrogens with one attached hydrogen (secondary N) is 1. The number of benzene rings is 2. The van der Waals surface area contributed by atoms with Crippen LogP contribution in [0, 0.1) is 23.3 Å². The average Bonchev–Trinajstić information content (AvgIpc) is 3.28. The highest BCUT2D eigenvalue weighted by Crippen LogP contribution is 2.44. The van der Waals surface area contributed by atoms with Crippen LogP contribution in [-0.4, -0.2) is 61.9 Å². The second-order valence-electron chi connectivity index (χ2n) is 8.55. The van der Waals surface area contributed by atoms with Gasteiger partial charge in [-0.25, -0.2) is 44.3 Å². The summed E-state index contributed by atoms with van der Waals surface area (Å²) in [5.41, 5.74) is -1.81. The number of hydrogen-bond acceptors (Lipinski definition) is 5. The first-order chi connectivity index (χ1) is 16.8. The Morgan fingerprint density at radius 2 is 1.75 bits per heavy atom. The van der Waals surface area contributed by atoms with Gasteiger partial charge < -0.3 is 9.42 Å². The van der Waals surface area contributed by atoms with Gasteiger partial charge in [-0.2, -0.15) is 0 Å². The van der Waals surface area contributed by atoms with Gasteiger partial charge >= 0.3 is 6.03 Å². The van der Waals surface area contributed by atoms with Crippen LogP contribution in [0.25, 0.3) is 22.1 Å². The molecular weight excluding hydrogens is 518 g/mol. The molecule has 2 saturated heterocycles. The van der Waals surface area contributed by atoms with E-state index < -0.39 is 80.8 Å². The molecule has 192 valence electrons. The summed E-state index contributed by atoms with van der Waals surface area (Å²) in [5.74, 6) is -9.21. The molecule has 5 rings (SSSR count). The molecule has 1 aromatic heterocycles. The van der Waals surface area contributed by atoms with E-state index in [-0.39, 0.29) is 23.9 Å². The molecule has 8 nitrogen and oxygen atoms in total. The summed E-state index contributed by atoms with van der Waals surface area (Å²) in [7, 11) is -4.03. The minimum absolute atomic E-state index is 0.178. The lowest BCUT2D eigenvalue weighted by Gasteiger charge is -2.37. The van der Waals surface area contributed by atoms with E-state index >= 15 is 0 Å². The fourth-order valence-corrected chi connectivity index (χ4v) is 5.47. The number of alkyl halides is 2. The summed E-state index contributed by atoms with van der Waals surface area (Å²) < 4.78 is 117. The zero-order valence-electron chi connectivity index (χ0n) is 18.2. The lowest BCUT2D eigenvalue weighted by Crippen LogP contribution is -2.56. The van der Waals surface area contributed by atoms with E-state index in [0.717, 1.165) is 21.9 Å². The highest BCUT2D eigenvalue weighted by Gasteiger charge is 2.60. The molecule has 0 spiro atoms. The van der Waals surface area contributed by atoms with Crippen LogP contribution in [0.5, 0.6) is 0 Å². The topological polar surface area (TPSA) is 95.8 Å². The highest BCUT2D eigenvalue weighted by molar-refractivity contribution is 7.88. The van der Waals surface area contributed by atoms with Crippen molar-refractivity contribution >= 4 is 32.8 Å². The predicted molar refractivity (Wildman–Crippen MR) is 114 cm³/mol. The first-order valence-electron chi connectivity index (χ1n) is 10.5. The summed E-state index contributed by atoms with van der Waals surface area (Å²) in [5, 5.41) is 3.39. The number of fused-ring (bicyclic) bond motifs is 2. The number of rotatable bonds is 4. The van der Waals surface area contributed by atoms with Crippen molar-refractivity contribution in [3.05, 3.63) is 47.5 Å². The summed E-state index contributed by atoms with van der Waals surface area (Å²) in [6.45, 7) is -1.04. The third kappa shape index (κ3) is 3.77. The largest absolute Gasteiger partial charge is 0.354 e. The minimum atomic E-state index is -4.03. The van der Waals surface area contributed by atoms with Crippen LogP contribution >= 0.6 is 0 Å². The lowest BCUT2D eigenvalue weighted by atomic mass is 9.98. The second kappa shape index (κ2) is 8.09. The SMILES string of the molecule is CS(=O)(=O)N[C@@H]1CN2C(=O)N(c3noc4ccc(F)c(-c5c(F)cc(F)cc5F)c34)CC[C@@H]2C1(F)F. The van der Waals surface area contributed by atoms with E-state index in [2.05, 4.69) is 5.16 Å². The third-order valence-corrected chi connectivity index (χ3v) is 6.92. The predicted octanol–water partition coefficient (Wildman–Crippen LogP) is 3.62. The molecule has 36 heavy (non-hydrogen) atoms. The zero-order chi connectivity index (χ0) is 26.2. The fourth-order valence-electron chi connectivity index (χ4n) is 4.72. The number of sulfonamides is 1. The molecule has 2 atom stereocenters. The van der Waals surface area contributed by atoms with Gasteiger partial charge in [0.2, 0.25) is 10.0 Å². The van der Waals surface area contributed by atoms with Crippen molar-refractivity contribution in [1.82, 2.24) is 14.8 Å². The molecule has 0 unspecified atom stereocenters. The monoisotopic (exact) mass is 534 g/mol. The van der Waals surface area contributed by atoms with Gasteiger partial charge in [-0.1, -0.05) is 5.16 Å². The minimum Gasteiger partial charge on any atom is -0.354 e. The Hall–Kier alpha value is -3.33. The molecule has 0 bridgehead atoms. The molecule has 2 aliphatic heterocycles. The van der Waals surface area contributed by atoms with E-state index in [1.54, 1.807) is 0 Å². The van der Waals surface area contributed by atoms with Gasteiger partial charge in [-0.15, -0.1) is 0 Å². The van der Waals surface area contributed by atoms with Crippen molar-refractivity contribution in [2.24, 2.45) is 0 Å². The van der Waals surface area contributed by atoms with Crippen molar-refractivity contribution < 1.29 is 44.1 Å². The molecule has 1 N–H and O–H groups in total. The molecule has 2 aromatic carbocycles. The van der Waals surface area contributed by atoms with Gasteiger partial charge in [0, 0.05) is 30.8 Å². The normalized spacial score (nSPS) is 21.9. The summed E-state index contributed by atoms with van der Waals surface area (Å²) in [6.07, 6.45) is 0.374. The summed E-state index contributed by atoms with van der Waals surface area (Å²) >= 11 is 0. The third-order valence-electron chi connectivity index (χ3n) is 6.21. The fraction of sp³-hybridized carbons (Fsp3) is 0.333. The van der Waals surface area contributed by atoms with Crippen molar-refractivity contribution in [2.75, 3.05) is 24.2 Å². The Morgan fingerprint density at radius 1 is 1.08 bits per heavy atom. The number of aromatic nitrogens is 1. The van der Waals surface area contributed by atoms with E-state index in [0.29, 0.717) is 18.4 Å².